The van der Waals surface area contributed by atoms with Crippen molar-refractivity contribution in [2.24, 2.45) is 0 Å². The minimum absolute atomic E-state index is 0.0198. The van der Waals surface area contributed by atoms with Gasteiger partial charge in [-0.3, -0.25) is 0 Å². The summed E-state index contributed by atoms with van der Waals surface area (Å²) in [5, 5.41) is 2.95. The molecule has 1 aliphatic rings. The summed E-state index contributed by atoms with van der Waals surface area (Å²) in [6, 6.07) is 5.27. The van der Waals surface area contributed by atoms with Crippen LogP contribution in [0.2, 0.25) is 0 Å². The zero-order chi connectivity index (χ0) is 17.5. The van der Waals surface area contributed by atoms with Crippen LogP contribution in [-0.4, -0.2) is 49.9 Å². The van der Waals surface area contributed by atoms with Crippen LogP contribution in [0.4, 0.5) is 10.5 Å². The van der Waals surface area contributed by atoms with Gasteiger partial charge >= 0.3 is 6.03 Å². The van der Waals surface area contributed by atoms with E-state index in [1.807, 2.05) is 32.9 Å². The van der Waals surface area contributed by atoms with E-state index in [0.717, 1.165) is 19.4 Å². The third kappa shape index (κ3) is 5.03. The smallest absolute Gasteiger partial charge is 0.322 e. The molecule has 1 aromatic carbocycles. The van der Waals surface area contributed by atoms with Gasteiger partial charge < -0.3 is 24.4 Å². The normalized spacial score (nSPS) is 17.7. The molecule has 0 radical (unpaired) electrons. The van der Waals surface area contributed by atoms with Crippen molar-refractivity contribution in [3.05, 3.63) is 18.2 Å². The number of rotatable bonds is 6. The van der Waals surface area contributed by atoms with Gasteiger partial charge in [-0.2, -0.15) is 0 Å². The van der Waals surface area contributed by atoms with Gasteiger partial charge in [-0.05, 0) is 45.7 Å². The average molecular weight is 336 g/mol. The number of hydrogen-bond donors (Lipinski definition) is 1. The van der Waals surface area contributed by atoms with Gasteiger partial charge in [-0.1, -0.05) is 0 Å². The molecule has 6 heteroatoms. The molecule has 1 heterocycles. The van der Waals surface area contributed by atoms with Crippen LogP contribution in [0.5, 0.6) is 11.5 Å². The van der Waals surface area contributed by atoms with Crippen molar-refractivity contribution < 1.29 is 19.0 Å². The van der Waals surface area contributed by atoms with Crippen molar-refractivity contribution in [3.63, 3.8) is 0 Å². The van der Waals surface area contributed by atoms with E-state index in [2.05, 4.69) is 5.32 Å². The summed E-state index contributed by atoms with van der Waals surface area (Å²) in [6.07, 6.45) is 2.09. The number of methoxy groups -OCH3 is 1. The second-order valence-electron chi connectivity index (χ2n) is 6.12. The number of piperidine rings is 1. The van der Waals surface area contributed by atoms with Crippen LogP contribution in [0.15, 0.2) is 18.2 Å². The minimum atomic E-state index is -0.138. The van der Waals surface area contributed by atoms with Crippen molar-refractivity contribution in [2.45, 2.75) is 45.8 Å². The number of carbonyl (C=O) groups is 1. The first-order chi connectivity index (χ1) is 11.5. The highest BCUT2D eigenvalue weighted by Crippen LogP contribution is 2.30. The Labute approximate surface area is 144 Å². The Balaban J connectivity index is 2.09. The molecule has 134 valence electrons. The summed E-state index contributed by atoms with van der Waals surface area (Å²) in [5.74, 6) is 1.31. The van der Waals surface area contributed by atoms with Crippen molar-refractivity contribution in [1.29, 1.82) is 0 Å². The second-order valence-corrected chi connectivity index (χ2v) is 6.12. The molecule has 1 aliphatic heterocycles. The summed E-state index contributed by atoms with van der Waals surface area (Å²) in [7, 11) is 1.60. The third-order valence-electron chi connectivity index (χ3n) is 3.86. The van der Waals surface area contributed by atoms with Crippen LogP contribution in [-0.2, 0) is 4.74 Å². The van der Waals surface area contributed by atoms with Gasteiger partial charge in [-0.25, -0.2) is 4.79 Å². The Hall–Kier alpha value is -1.95. The van der Waals surface area contributed by atoms with Crippen LogP contribution < -0.4 is 14.8 Å². The molecule has 6 nitrogen and oxygen atoms in total. The van der Waals surface area contributed by atoms with Crippen LogP contribution >= 0.6 is 0 Å². The molecule has 0 bridgehead atoms. The Kier molecular flexibility index (Phi) is 6.73. The highest BCUT2D eigenvalue weighted by Gasteiger charge is 2.24. The number of carbonyl (C=O) groups excluding carboxylic acids is 1. The first-order valence-corrected chi connectivity index (χ1v) is 8.55. The quantitative estimate of drug-likeness (QED) is 0.863. The van der Waals surface area contributed by atoms with E-state index in [1.54, 1.807) is 18.1 Å². The number of nitrogens with one attached hydrogen (secondary N) is 1. The number of hydrogen-bond acceptors (Lipinski definition) is 4. The van der Waals surface area contributed by atoms with E-state index in [4.69, 9.17) is 14.2 Å². The number of benzene rings is 1. The molecule has 1 fully saturated rings. The number of likely N-dealkylation sites (tertiary alicyclic amines) is 1. The van der Waals surface area contributed by atoms with Crippen molar-refractivity contribution in [3.8, 4) is 11.5 Å². The maximum absolute atomic E-state index is 12.6. The van der Waals surface area contributed by atoms with Crippen LogP contribution in [0.25, 0.3) is 0 Å². The molecule has 0 saturated carbocycles. The largest absolute Gasteiger partial charge is 0.497 e. The van der Waals surface area contributed by atoms with Gasteiger partial charge in [0.1, 0.15) is 11.5 Å². The molecule has 24 heavy (non-hydrogen) atoms. The van der Waals surface area contributed by atoms with Crippen molar-refractivity contribution in [2.75, 3.05) is 32.1 Å². The first-order valence-electron chi connectivity index (χ1n) is 8.55. The Morgan fingerprint density at radius 1 is 1.42 bits per heavy atom. The van der Waals surface area contributed by atoms with Gasteiger partial charge in [0.25, 0.3) is 0 Å². The van der Waals surface area contributed by atoms with E-state index in [1.165, 1.54) is 0 Å². The molecular weight excluding hydrogens is 308 g/mol. The second kappa shape index (κ2) is 8.78. The molecule has 0 unspecified atom stereocenters. The molecule has 1 atom stereocenters. The number of anilines is 1. The number of nitrogens with zero attached hydrogens (tertiary/aromatic N) is 1. The Morgan fingerprint density at radius 2 is 2.21 bits per heavy atom. The number of ether oxygens (including phenoxy) is 3. The lowest BCUT2D eigenvalue weighted by Crippen LogP contribution is -2.45. The zero-order valence-corrected chi connectivity index (χ0v) is 15.0. The van der Waals surface area contributed by atoms with Crippen molar-refractivity contribution in [1.82, 2.24) is 4.90 Å². The molecule has 1 N–H and O–H groups in total. The fourth-order valence-electron chi connectivity index (χ4n) is 2.78. The highest BCUT2D eigenvalue weighted by atomic mass is 16.5. The van der Waals surface area contributed by atoms with E-state index in [0.29, 0.717) is 30.3 Å². The molecule has 1 aromatic rings. The molecule has 2 amide bonds. The SMILES string of the molecule is CCO[C@H]1CCCN(C(=O)Nc2cc(OC)ccc2OC(C)C)C1. The van der Waals surface area contributed by atoms with E-state index in [-0.39, 0.29) is 18.2 Å². The molecule has 0 aromatic heterocycles. The standard InChI is InChI=1S/C18H28N2O4/c1-5-23-15-7-6-10-20(12-15)18(21)19-16-11-14(22-4)8-9-17(16)24-13(2)3/h8-9,11,13,15H,5-7,10,12H2,1-4H3,(H,19,21)/t15-/m0/s1. The minimum Gasteiger partial charge on any atom is -0.497 e. The molecular formula is C18H28N2O4. The van der Waals surface area contributed by atoms with Crippen LogP contribution in [0.3, 0.4) is 0 Å². The molecule has 1 saturated heterocycles. The maximum atomic E-state index is 12.6. The van der Waals surface area contributed by atoms with Gasteiger partial charge in [0.15, 0.2) is 0 Å². The van der Waals surface area contributed by atoms with Gasteiger partial charge in [0.2, 0.25) is 0 Å². The summed E-state index contributed by atoms with van der Waals surface area (Å²) >= 11 is 0. The molecule has 2 rings (SSSR count). The summed E-state index contributed by atoms with van der Waals surface area (Å²) in [5.41, 5.74) is 0.617. The van der Waals surface area contributed by atoms with E-state index in [9.17, 15) is 4.79 Å². The van der Waals surface area contributed by atoms with Gasteiger partial charge in [0, 0.05) is 25.8 Å². The zero-order valence-electron chi connectivity index (χ0n) is 15.0. The molecule has 0 aliphatic carbocycles. The lowest BCUT2D eigenvalue weighted by Gasteiger charge is -2.32. The van der Waals surface area contributed by atoms with Gasteiger partial charge in [-0.15, -0.1) is 0 Å². The average Bonchev–Trinajstić information content (AvgIpc) is 2.56. The van der Waals surface area contributed by atoms with E-state index < -0.39 is 0 Å². The van der Waals surface area contributed by atoms with Crippen LogP contribution in [0, 0.1) is 0 Å². The lowest BCUT2D eigenvalue weighted by molar-refractivity contribution is 0.0181. The first kappa shape index (κ1) is 18.4. The fraction of sp³-hybridized carbons (Fsp3) is 0.611. The van der Waals surface area contributed by atoms with Gasteiger partial charge in [0.05, 0.1) is 25.0 Å². The Bertz CT molecular complexity index is 546. The highest BCUT2D eigenvalue weighted by molar-refractivity contribution is 5.91. The topological polar surface area (TPSA) is 60.0 Å². The van der Waals surface area contributed by atoms with E-state index >= 15 is 0 Å². The maximum Gasteiger partial charge on any atom is 0.322 e. The van der Waals surface area contributed by atoms with Crippen molar-refractivity contribution >= 4 is 11.7 Å². The number of urea groups is 1. The molecule has 0 spiro atoms. The third-order valence-corrected chi connectivity index (χ3v) is 3.86. The lowest BCUT2D eigenvalue weighted by atomic mass is 10.1. The summed E-state index contributed by atoms with van der Waals surface area (Å²) in [6.45, 7) is 7.90. The van der Waals surface area contributed by atoms with Crippen LogP contribution in [0.1, 0.15) is 33.6 Å². The Morgan fingerprint density at radius 3 is 2.88 bits per heavy atom. The fourth-order valence-corrected chi connectivity index (χ4v) is 2.78. The summed E-state index contributed by atoms with van der Waals surface area (Å²) in [4.78, 5) is 14.4. The summed E-state index contributed by atoms with van der Waals surface area (Å²) < 4.78 is 16.7. The monoisotopic (exact) mass is 336 g/mol. The predicted molar refractivity (Wildman–Crippen MR) is 94.0 cm³/mol. The predicted octanol–water partition coefficient (Wildman–Crippen LogP) is 3.52. The number of amides is 2.